The highest BCUT2D eigenvalue weighted by Crippen LogP contribution is 2.25. The van der Waals surface area contributed by atoms with E-state index >= 15 is 0 Å². The van der Waals surface area contributed by atoms with E-state index in [2.05, 4.69) is 31.0 Å². The normalized spacial score (nSPS) is 31.8. The van der Waals surface area contributed by atoms with Crippen molar-refractivity contribution in [3.8, 4) is 0 Å². The molecule has 3 nitrogen and oxygen atoms in total. The summed E-state index contributed by atoms with van der Waals surface area (Å²) in [6.45, 7) is 11.2. The molecule has 0 bridgehead atoms. The molecule has 0 radical (unpaired) electrons. The number of likely N-dealkylation sites (N-methyl/N-ethyl adjacent to an activating group) is 1. The number of rotatable bonds is 5. The van der Waals surface area contributed by atoms with Crippen LogP contribution in [0.2, 0.25) is 0 Å². The first-order chi connectivity index (χ1) is 8.20. The van der Waals surface area contributed by atoms with Crippen LogP contribution in [0.15, 0.2) is 0 Å². The van der Waals surface area contributed by atoms with Crippen molar-refractivity contribution in [1.29, 1.82) is 0 Å². The van der Waals surface area contributed by atoms with Crippen molar-refractivity contribution in [2.24, 2.45) is 5.92 Å². The lowest BCUT2D eigenvalue weighted by molar-refractivity contribution is -0.0669. The van der Waals surface area contributed by atoms with Gasteiger partial charge in [-0.3, -0.25) is 4.90 Å². The Hall–Kier alpha value is -0.120. The van der Waals surface area contributed by atoms with Gasteiger partial charge in [0.1, 0.15) is 0 Å². The van der Waals surface area contributed by atoms with Gasteiger partial charge in [-0.25, -0.2) is 0 Å². The second-order valence-corrected chi connectivity index (χ2v) is 5.96. The summed E-state index contributed by atoms with van der Waals surface area (Å²) in [4.78, 5) is 2.64. The summed E-state index contributed by atoms with van der Waals surface area (Å²) < 4.78 is 6.10. The fraction of sp³-hybridized carbons (Fsp3) is 1.00. The monoisotopic (exact) mass is 240 g/mol. The van der Waals surface area contributed by atoms with Crippen LogP contribution in [-0.4, -0.2) is 49.3 Å². The van der Waals surface area contributed by atoms with Crippen LogP contribution in [0.5, 0.6) is 0 Å². The van der Waals surface area contributed by atoms with Crippen molar-refractivity contribution in [2.45, 2.75) is 58.2 Å². The fourth-order valence-corrected chi connectivity index (χ4v) is 3.22. The third kappa shape index (κ3) is 3.43. The zero-order chi connectivity index (χ0) is 12.3. The van der Waals surface area contributed by atoms with Crippen molar-refractivity contribution in [2.75, 3.05) is 26.2 Å². The highest BCUT2D eigenvalue weighted by molar-refractivity contribution is 4.90. The van der Waals surface area contributed by atoms with Crippen LogP contribution in [0.3, 0.4) is 0 Å². The molecule has 17 heavy (non-hydrogen) atoms. The third-order valence-electron chi connectivity index (χ3n) is 4.06. The van der Waals surface area contributed by atoms with Crippen molar-refractivity contribution in [3.05, 3.63) is 0 Å². The van der Waals surface area contributed by atoms with Gasteiger partial charge in [0.15, 0.2) is 0 Å². The SMILES string of the molecule is CCNC(CC(C)C)C1CN2CCCC2CO1. The molecule has 2 aliphatic heterocycles. The quantitative estimate of drug-likeness (QED) is 0.794. The van der Waals surface area contributed by atoms with E-state index in [9.17, 15) is 0 Å². The van der Waals surface area contributed by atoms with Crippen LogP contribution in [-0.2, 0) is 4.74 Å². The molecule has 2 saturated heterocycles. The predicted octanol–water partition coefficient (Wildman–Crippen LogP) is 1.87. The van der Waals surface area contributed by atoms with Gasteiger partial charge in [-0.1, -0.05) is 20.8 Å². The predicted molar refractivity (Wildman–Crippen MR) is 71.3 cm³/mol. The van der Waals surface area contributed by atoms with E-state index in [1.807, 2.05) is 0 Å². The minimum Gasteiger partial charge on any atom is -0.374 e. The third-order valence-corrected chi connectivity index (χ3v) is 4.06. The molecule has 0 aromatic rings. The Balaban J connectivity index is 1.89. The Bertz CT molecular complexity index is 232. The summed E-state index contributed by atoms with van der Waals surface area (Å²) in [6.07, 6.45) is 4.31. The lowest BCUT2D eigenvalue weighted by atomic mass is 9.97. The summed E-state index contributed by atoms with van der Waals surface area (Å²) in [5.41, 5.74) is 0. The van der Waals surface area contributed by atoms with Gasteiger partial charge in [-0.2, -0.15) is 0 Å². The molecule has 0 spiro atoms. The van der Waals surface area contributed by atoms with Gasteiger partial charge in [0.25, 0.3) is 0 Å². The van der Waals surface area contributed by atoms with Gasteiger partial charge in [-0.05, 0) is 38.3 Å². The summed E-state index contributed by atoms with van der Waals surface area (Å²) in [7, 11) is 0. The van der Waals surface area contributed by atoms with E-state index in [0.717, 1.165) is 25.6 Å². The van der Waals surface area contributed by atoms with Gasteiger partial charge < -0.3 is 10.1 Å². The van der Waals surface area contributed by atoms with Crippen molar-refractivity contribution < 1.29 is 4.74 Å². The molecule has 3 heteroatoms. The summed E-state index contributed by atoms with van der Waals surface area (Å²) in [6, 6.07) is 1.24. The topological polar surface area (TPSA) is 24.5 Å². The Morgan fingerprint density at radius 1 is 1.41 bits per heavy atom. The molecule has 0 saturated carbocycles. The zero-order valence-corrected chi connectivity index (χ0v) is 11.6. The van der Waals surface area contributed by atoms with Crippen LogP contribution >= 0.6 is 0 Å². The number of ether oxygens (including phenoxy) is 1. The van der Waals surface area contributed by atoms with E-state index in [4.69, 9.17) is 4.74 Å². The van der Waals surface area contributed by atoms with Crippen LogP contribution in [0.1, 0.15) is 40.0 Å². The second-order valence-electron chi connectivity index (χ2n) is 5.96. The summed E-state index contributed by atoms with van der Waals surface area (Å²) in [5.74, 6) is 0.735. The fourth-order valence-electron chi connectivity index (χ4n) is 3.22. The van der Waals surface area contributed by atoms with E-state index in [-0.39, 0.29) is 0 Å². The molecule has 100 valence electrons. The molecular weight excluding hydrogens is 212 g/mol. The summed E-state index contributed by atoms with van der Waals surface area (Å²) >= 11 is 0. The average molecular weight is 240 g/mol. The molecule has 3 atom stereocenters. The maximum absolute atomic E-state index is 6.10. The minimum absolute atomic E-state index is 0.395. The van der Waals surface area contributed by atoms with Gasteiger partial charge >= 0.3 is 0 Å². The van der Waals surface area contributed by atoms with Gasteiger partial charge in [-0.15, -0.1) is 0 Å². The van der Waals surface area contributed by atoms with Crippen molar-refractivity contribution in [3.63, 3.8) is 0 Å². The smallest absolute Gasteiger partial charge is 0.0855 e. The largest absolute Gasteiger partial charge is 0.374 e. The van der Waals surface area contributed by atoms with Crippen LogP contribution in [0.4, 0.5) is 0 Å². The molecule has 2 fully saturated rings. The maximum Gasteiger partial charge on any atom is 0.0855 e. The molecule has 2 rings (SSSR count). The van der Waals surface area contributed by atoms with Gasteiger partial charge in [0.05, 0.1) is 12.7 Å². The number of morpholine rings is 1. The number of nitrogens with one attached hydrogen (secondary N) is 1. The lowest BCUT2D eigenvalue weighted by Crippen LogP contribution is -2.54. The Kier molecular flexibility index (Phi) is 4.83. The lowest BCUT2D eigenvalue weighted by Gasteiger charge is -2.39. The highest BCUT2D eigenvalue weighted by Gasteiger charge is 2.35. The molecule has 0 amide bonds. The molecular formula is C14H28N2O. The molecule has 0 aromatic heterocycles. The molecule has 2 heterocycles. The van der Waals surface area contributed by atoms with Gasteiger partial charge in [0.2, 0.25) is 0 Å². The minimum atomic E-state index is 0.395. The number of hydrogen-bond acceptors (Lipinski definition) is 3. The van der Waals surface area contributed by atoms with E-state index in [1.165, 1.54) is 25.8 Å². The molecule has 0 aromatic carbocycles. The number of fused-ring (bicyclic) bond motifs is 1. The van der Waals surface area contributed by atoms with Crippen LogP contribution in [0.25, 0.3) is 0 Å². The first-order valence-electron chi connectivity index (χ1n) is 7.29. The van der Waals surface area contributed by atoms with Crippen molar-refractivity contribution >= 4 is 0 Å². The van der Waals surface area contributed by atoms with Crippen LogP contribution in [0, 0.1) is 5.92 Å². The number of nitrogens with zero attached hydrogens (tertiary/aromatic N) is 1. The van der Waals surface area contributed by atoms with E-state index in [1.54, 1.807) is 0 Å². The maximum atomic E-state index is 6.10. The first kappa shape index (κ1) is 13.3. The summed E-state index contributed by atoms with van der Waals surface area (Å²) in [5, 5.41) is 3.61. The molecule has 1 N–H and O–H groups in total. The molecule has 0 aliphatic carbocycles. The number of hydrogen-bond donors (Lipinski definition) is 1. The Morgan fingerprint density at radius 2 is 2.24 bits per heavy atom. The molecule has 3 unspecified atom stereocenters. The van der Waals surface area contributed by atoms with Crippen molar-refractivity contribution in [1.82, 2.24) is 10.2 Å². The van der Waals surface area contributed by atoms with Gasteiger partial charge in [0, 0.05) is 18.6 Å². The Labute approximate surface area is 106 Å². The van der Waals surface area contributed by atoms with E-state index < -0.39 is 0 Å². The highest BCUT2D eigenvalue weighted by atomic mass is 16.5. The van der Waals surface area contributed by atoms with E-state index in [0.29, 0.717) is 18.2 Å². The average Bonchev–Trinajstić information content (AvgIpc) is 2.74. The standard InChI is InChI=1S/C14H28N2O/c1-4-15-13(8-11(2)3)14-9-16-7-5-6-12(16)10-17-14/h11-15H,4-10H2,1-3H3. The Morgan fingerprint density at radius 3 is 2.94 bits per heavy atom. The second kappa shape index (κ2) is 6.17. The first-order valence-corrected chi connectivity index (χ1v) is 7.29. The van der Waals surface area contributed by atoms with Crippen LogP contribution < -0.4 is 5.32 Å². The zero-order valence-electron chi connectivity index (χ0n) is 11.6. The molecule has 2 aliphatic rings.